The largest absolute Gasteiger partial charge is 0.744 e. The molecule has 0 aliphatic heterocycles. The third-order valence-corrected chi connectivity index (χ3v) is 10.1. The summed E-state index contributed by atoms with van der Waals surface area (Å²) in [5.41, 5.74) is 2.84. The summed E-state index contributed by atoms with van der Waals surface area (Å²) in [5, 5.41) is 0. The van der Waals surface area contributed by atoms with Crippen LogP contribution in [0.4, 0.5) is 17.6 Å². The Labute approximate surface area is 238 Å². The molecular formula is C31H35F4O5S-. The number of rotatable bonds is 6. The van der Waals surface area contributed by atoms with Crippen LogP contribution in [0.15, 0.2) is 17.0 Å². The van der Waals surface area contributed by atoms with E-state index < -0.39 is 50.0 Å². The average molecular weight is 596 g/mol. The van der Waals surface area contributed by atoms with Gasteiger partial charge in [0.2, 0.25) is 17.4 Å². The van der Waals surface area contributed by atoms with E-state index in [4.69, 9.17) is 4.74 Å². The number of ether oxygens (including phenoxy) is 1. The van der Waals surface area contributed by atoms with E-state index in [-0.39, 0.29) is 17.4 Å². The monoisotopic (exact) mass is 595 g/mol. The molecule has 0 saturated heterocycles. The zero-order valence-corrected chi connectivity index (χ0v) is 23.8. The van der Waals surface area contributed by atoms with Gasteiger partial charge in [0.15, 0.2) is 11.6 Å². The van der Waals surface area contributed by atoms with Crippen molar-refractivity contribution in [1.29, 1.82) is 0 Å². The second kappa shape index (κ2) is 12.4. The maximum Gasteiger partial charge on any atom is 0.344 e. The van der Waals surface area contributed by atoms with E-state index in [1.54, 1.807) is 0 Å². The van der Waals surface area contributed by atoms with Gasteiger partial charge in [-0.2, -0.15) is 8.78 Å². The van der Waals surface area contributed by atoms with Crippen LogP contribution in [-0.4, -0.2) is 18.9 Å². The van der Waals surface area contributed by atoms with E-state index in [0.29, 0.717) is 5.92 Å². The number of hydrogen-bond acceptors (Lipinski definition) is 5. The van der Waals surface area contributed by atoms with Gasteiger partial charge in [0.25, 0.3) is 0 Å². The molecule has 3 aliphatic carbocycles. The molecule has 0 amide bonds. The van der Waals surface area contributed by atoms with Gasteiger partial charge in [-0.25, -0.2) is 22.0 Å². The van der Waals surface area contributed by atoms with E-state index in [1.165, 1.54) is 6.42 Å². The predicted molar refractivity (Wildman–Crippen MR) is 143 cm³/mol. The SMILES string of the molecule is O=C(Oc1c(F)c(F)c(S(=O)(=O)[O-])c(F)c1F)c1c(C2CCCCC2)cc(C2CCCCC2)cc1C1CCCCC1. The normalized spacial score (nSPS) is 19.8. The van der Waals surface area contributed by atoms with Crippen LogP contribution in [0.2, 0.25) is 0 Å². The van der Waals surface area contributed by atoms with Crippen LogP contribution in [-0.2, 0) is 10.1 Å². The van der Waals surface area contributed by atoms with Gasteiger partial charge in [-0.05, 0) is 73.0 Å². The number of benzene rings is 2. The van der Waals surface area contributed by atoms with Crippen LogP contribution in [0, 0.1) is 23.3 Å². The number of esters is 1. The fraction of sp³-hybridized carbons (Fsp3) is 0.581. The molecule has 5 rings (SSSR count). The Morgan fingerprint density at radius 2 is 1.05 bits per heavy atom. The van der Waals surface area contributed by atoms with Crippen molar-refractivity contribution in [3.63, 3.8) is 0 Å². The van der Waals surface area contributed by atoms with Crippen molar-refractivity contribution in [1.82, 2.24) is 0 Å². The highest BCUT2D eigenvalue weighted by Gasteiger charge is 2.35. The molecule has 41 heavy (non-hydrogen) atoms. The van der Waals surface area contributed by atoms with E-state index in [0.717, 1.165) is 107 Å². The summed E-state index contributed by atoms with van der Waals surface area (Å²) < 4.78 is 97.6. The Balaban J connectivity index is 1.65. The fourth-order valence-electron chi connectivity index (χ4n) is 7.13. The van der Waals surface area contributed by atoms with Crippen molar-refractivity contribution in [2.24, 2.45) is 0 Å². The Kier molecular flexibility index (Phi) is 9.09. The van der Waals surface area contributed by atoms with E-state index in [9.17, 15) is 35.3 Å². The minimum Gasteiger partial charge on any atom is -0.744 e. The second-order valence-electron chi connectivity index (χ2n) is 11.8. The van der Waals surface area contributed by atoms with Gasteiger partial charge in [-0.3, -0.25) is 0 Å². The molecule has 0 aromatic heterocycles. The summed E-state index contributed by atoms with van der Waals surface area (Å²) in [7, 11) is -5.89. The number of hydrogen-bond donors (Lipinski definition) is 0. The van der Waals surface area contributed by atoms with Gasteiger partial charge < -0.3 is 9.29 Å². The fourth-order valence-corrected chi connectivity index (χ4v) is 7.75. The standard InChI is InChI=1S/C31H36F4O5S/c32-25-27(34)30(41(37,38)39)28(35)26(33)29(25)40-31(36)24-22(19-12-6-2-7-13-19)16-21(18-10-4-1-5-11-18)17-23(24)20-14-8-3-9-15-20/h16-20H,1-15H2,(H,37,38,39)/p-1. The molecule has 0 radical (unpaired) electrons. The van der Waals surface area contributed by atoms with Gasteiger partial charge in [0.05, 0.1) is 5.56 Å². The molecule has 3 aliphatic rings. The van der Waals surface area contributed by atoms with Crippen molar-refractivity contribution < 1.29 is 40.1 Å². The Morgan fingerprint density at radius 1 is 0.659 bits per heavy atom. The lowest BCUT2D eigenvalue weighted by molar-refractivity contribution is 0.0712. The van der Waals surface area contributed by atoms with Crippen LogP contribution in [0.5, 0.6) is 5.75 Å². The van der Waals surface area contributed by atoms with Gasteiger partial charge in [-0.1, -0.05) is 69.9 Å². The molecule has 0 N–H and O–H groups in total. The molecule has 2 aromatic rings. The molecule has 5 nitrogen and oxygen atoms in total. The first-order valence-electron chi connectivity index (χ1n) is 14.8. The third kappa shape index (κ3) is 6.19. The summed E-state index contributed by atoms with van der Waals surface area (Å²) >= 11 is 0. The Morgan fingerprint density at radius 3 is 1.44 bits per heavy atom. The summed E-state index contributed by atoms with van der Waals surface area (Å²) in [4.78, 5) is 11.6. The zero-order chi connectivity index (χ0) is 29.3. The van der Waals surface area contributed by atoms with E-state index in [2.05, 4.69) is 0 Å². The lowest BCUT2D eigenvalue weighted by Gasteiger charge is -2.32. The van der Waals surface area contributed by atoms with Gasteiger partial charge in [0.1, 0.15) is 15.0 Å². The molecule has 0 bridgehead atoms. The zero-order valence-electron chi connectivity index (χ0n) is 23.0. The van der Waals surface area contributed by atoms with E-state index >= 15 is 0 Å². The number of halogens is 4. The minimum atomic E-state index is -5.89. The summed E-state index contributed by atoms with van der Waals surface area (Å²) in [6, 6.07) is 4.08. The molecule has 224 valence electrons. The highest BCUT2D eigenvalue weighted by Crippen LogP contribution is 2.45. The molecule has 2 aromatic carbocycles. The molecule has 0 heterocycles. The second-order valence-corrected chi connectivity index (χ2v) is 13.2. The number of carbonyl (C=O) groups is 1. The maximum absolute atomic E-state index is 14.9. The predicted octanol–water partition coefficient (Wildman–Crippen LogP) is 8.51. The highest BCUT2D eigenvalue weighted by molar-refractivity contribution is 7.85. The van der Waals surface area contributed by atoms with E-state index in [1.807, 2.05) is 12.1 Å². The molecule has 10 heteroatoms. The smallest absolute Gasteiger partial charge is 0.344 e. The topological polar surface area (TPSA) is 83.5 Å². The average Bonchev–Trinajstić information content (AvgIpc) is 2.98. The molecule has 0 atom stereocenters. The number of carbonyl (C=O) groups excluding carboxylic acids is 1. The van der Waals surface area contributed by atoms with Crippen LogP contribution < -0.4 is 4.74 Å². The first-order valence-corrected chi connectivity index (χ1v) is 16.2. The van der Waals surface area contributed by atoms with Crippen LogP contribution in [0.25, 0.3) is 0 Å². The third-order valence-electron chi connectivity index (χ3n) is 9.22. The Bertz CT molecular complexity index is 1340. The molecule has 3 saturated carbocycles. The maximum atomic E-state index is 14.9. The first kappa shape index (κ1) is 30.0. The lowest BCUT2D eigenvalue weighted by atomic mass is 9.73. The molecule has 0 spiro atoms. The quantitative estimate of drug-likeness (QED) is 0.110. The molecular weight excluding hydrogens is 560 g/mol. The first-order chi connectivity index (χ1) is 19.6. The molecule has 0 unspecified atom stereocenters. The van der Waals surface area contributed by atoms with Crippen molar-refractivity contribution in [3.05, 3.63) is 57.7 Å². The van der Waals surface area contributed by atoms with Crippen molar-refractivity contribution in [2.45, 2.75) is 119 Å². The van der Waals surface area contributed by atoms with Gasteiger partial charge in [0, 0.05) is 0 Å². The Hall–Kier alpha value is -2.46. The summed E-state index contributed by atoms with van der Waals surface area (Å²) in [5.74, 6) is -11.8. The highest BCUT2D eigenvalue weighted by atomic mass is 32.2. The van der Waals surface area contributed by atoms with Gasteiger partial charge >= 0.3 is 5.97 Å². The van der Waals surface area contributed by atoms with Crippen molar-refractivity contribution in [3.8, 4) is 5.75 Å². The van der Waals surface area contributed by atoms with Crippen LogP contribution >= 0.6 is 0 Å². The van der Waals surface area contributed by atoms with Crippen LogP contribution in [0.3, 0.4) is 0 Å². The summed E-state index contributed by atoms with van der Waals surface area (Å²) in [6.45, 7) is 0. The summed E-state index contributed by atoms with van der Waals surface area (Å²) in [6.07, 6.45) is 14.9. The lowest BCUT2D eigenvalue weighted by Crippen LogP contribution is -2.22. The van der Waals surface area contributed by atoms with Crippen LogP contribution in [0.1, 0.15) is 141 Å². The van der Waals surface area contributed by atoms with Gasteiger partial charge in [-0.15, -0.1) is 0 Å². The van der Waals surface area contributed by atoms with Crippen molar-refractivity contribution >= 4 is 16.1 Å². The molecule has 3 fully saturated rings. The minimum absolute atomic E-state index is 0.0216. The van der Waals surface area contributed by atoms with Crippen molar-refractivity contribution in [2.75, 3.05) is 0 Å².